The van der Waals surface area contributed by atoms with Crippen LogP contribution < -0.4 is 4.74 Å². The molecule has 2 saturated heterocycles. The van der Waals surface area contributed by atoms with E-state index >= 15 is 0 Å². The highest BCUT2D eigenvalue weighted by molar-refractivity contribution is 7.54. The monoisotopic (exact) mass is 515 g/mol. The van der Waals surface area contributed by atoms with Gasteiger partial charge in [0.05, 0.1) is 29.0 Å². The van der Waals surface area contributed by atoms with Gasteiger partial charge in [0.1, 0.15) is 11.6 Å². The highest BCUT2D eigenvalue weighted by Gasteiger charge is 2.51. The number of hydrogen-bond donors (Lipinski definition) is 0. The molecule has 0 amide bonds. The minimum Gasteiger partial charge on any atom is -0.450 e. The molecule has 0 saturated carbocycles. The number of nitro groups is 1. The first-order valence-electron chi connectivity index (χ1n) is 11.4. The summed E-state index contributed by atoms with van der Waals surface area (Å²) >= 11 is 0. The summed E-state index contributed by atoms with van der Waals surface area (Å²) in [7, 11) is -3.10. The van der Waals surface area contributed by atoms with Gasteiger partial charge >= 0.3 is 13.4 Å². The molecule has 1 aliphatic carbocycles. The van der Waals surface area contributed by atoms with Crippen LogP contribution in [0.3, 0.4) is 0 Å². The molecule has 10 nitrogen and oxygen atoms in total. The van der Waals surface area contributed by atoms with Crippen LogP contribution in [0.4, 0.5) is 14.5 Å². The fourth-order valence-electron chi connectivity index (χ4n) is 4.37. The topological polar surface area (TPSA) is 110 Å². The lowest BCUT2D eigenvalue weighted by Gasteiger charge is -2.24. The Bertz CT molecular complexity index is 1400. The van der Waals surface area contributed by atoms with Crippen molar-refractivity contribution in [3.63, 3.8) is 0 Å². The van der Waals surface area contributed by atoms with Crippen LogP contribution in [0, 0.1) is 21.7 Å². The molecule has 3 heterocycles. The van der Waals surface area contributed by atoms with Crippen molar-refractivity contribution in [2.75, 3.05) is 26.2 Å². The molecule has 2 aliphatic heterocycles. The van der Waals surface area contributed by atoms with Crippen LogP contribution >= 0.6 is 7.67 Å². The van der Waals surface area contributed by atoms with E-state index in [1.807, 2.05) is 9.34 Å². The Morgan fingerprint density at radius 3 is 2.36 bits per heavy atom. The largest absolute Gasteiger partial charge is 0.450 e. The molecule has 1 atom stereocenters. The molecule has 13 heteroatoms. The third-order valence-electron chi connectivity index (χ3n) is 6.32. The average molecular weight is 515 g/mol. The summed E-state index contributed by atoms with van der Waals surface area (Å²) in [5.74, 6) is -1.34. The molecule has 2 fully saturated rings. The second-order valence-electron chi connectivity index (χ2n) is 8.74. The number of aromatic nitrogens is 2. The summed E-state index contributed by atoms with van der Waals surface area (Å²) < 4.78 is 57.1. The normalized spacial score (nSPS) is 19.2. The number of nitro benzene ring substituents is 1. The molecular formula is C23H20F2N5O5P. The highest BCUT2D eigenvalue weighted by atomic mass is 31.2. The zero-order valence-electron chi connectivity index (χ0n) is 18.8. The van der Waals surface area contributed by atoms with Crippen LogP contribution in [0.15, 0.2) is 42.7 Å². The van der Waals surface area contributed by atoms with E-state index in [9.17, 15) is 23.5 Å². The maximum absolute atomic E-state index is 14.8. The number of fused-ring (bicyclic) bond motifs is 1. The van der Waals surface area contributed by atoms with Gasteiger partial charge in [0, 0.05) is 43.9 Å². The first kappa shape index (κ1) is 23.1. The Morgan fingerprint density at radius 1 is 1.06 bits per heavy atom. The summed E-state index contributed by atoms with van der Waals surface area (Å²) in [5, 5.41) is 11.8. The highest BCUT2D eigenvalue weighted by Crippen LogP contribution is 2.64. The Kier molecular flexibility index (Phi) is 5.56. The van der Waals surface area contributed by atoms with E-state index in [0.717, 1.165) is 18.5 Å². The zero-order valence-corrected chi connectivity index (χ0v) is 19.7. The van der Waals surface area contributed by atoms with Crippen molar-refractivity contribution in [2.45, 2.75) is 18.9 Å². The number of hydrogen-bond acceptors (Lipinski definition) is 7. The number of ether oxygens (including phenoxy) is 1. The fraction of sp³-hybridized carbons (Fsp3) is 0.304. The van der Waals surface area contributed by atoms with Crippen molar-refractivity contribution in [3.05, 3.63) is 75.6 Å². The number of rotatable bonds is 8. The maximum Gasteiger partial charge on any atom is 0.346 e. The van der Waals surface area contributed by atoms with Crippen molar-refractivity contribution in [1.82, 2.24) is 19.3 Å². The van der Waals surface area contributed by atoms with E-state index in [2.05, 4.69) is 9.97 Å². The summed E-state index contributed by atoms with van der Waals surface area (Å²) in [5.41, 5.74) is 1.02. The van der Waals surface area contributed by atoms with Crippen LogP contribution in [0.5, 0.6) is 11.5 Å². The standard InChI is InChI=1S/C23H20F2N5O5P/c24-14-12-26-23(27-13-14)18-2-1-15(11-19(18)25)34-22-17-4-6-21(16(17)3-5-20(22)30(31)32)35-36(33,28-7-8-28)29-9-10-29/h1-3,5,11-13,21H,4,6-10H2/t21-/m0/s1. The Morgan fingerprint density at radius 2 is 1.75 bits per heavy atom. The van der Waals surface area contributed by atoms with Gasteiger partial charge in [0.25, 0.3) is 0 Å². The molecule has 0 bridgehead atoms. The van der Waals surface area contributed by atoms with Crippen LogP contribution in [0.1, 0.15) is 23.7 Å². The third-order valence-corrected chi connectivity index (χ3v) is 9.08. The molecule has 0 unspecified atom stereocenters. The summed E-state index contributed by atoms with van der Waals surface area (Å²) in [6.45, 7) is 2.86. The van der Waals surface area contributed by atoms with E-state index in [-0.39, 0.29) is 28.6 Å². The number of halogens is 2. The van der Waals surface area contributed by atoms with Crippen molar-refractivity contribution in [3.8, 4) is 22.9 Å². The Hall–Kier alpha value is -3.31. The second kappa shape index (κ2) is 8.67. The van der Waals surface area contributed by atoms with Crippen LogP contribution in [-0.2, 0) is 15.5 Å². The summed E-state index contributed by atoms with van der Waals surface area (Å²) in [6, 6.07) is 6.81. The Labute approximate surface area is 204 Å². The average Bonchev–Trinajstić information content (AvgIpc) is 3.77. The molecule has 6 rings (SSSR count). The number of nitrogens with zero attached hydrogens (tertiary/aromatic N) is 5. The second-order valence-corrected chi connectivity index (χ2v) is 11.1. The van der Waals surface area contributed by atoms with Crippen LogP contribution in [0.25, 0.3) is 11.4 Å². The molecule has 2 aromatic carbocycles. The van der Waals surface area contributed by atoms with E-state index in [4.69, 9.17) is 9.26 Å². The van der Waals surface area contributed by atoms with Crippen molar-refractivity contribution >= 4 is 13.4 Å². The van der Waals surface area contributed by atoms with Crippen LogP contribution in [0.2, 0.25) is 0 Å². The van der Waals surface area contributed by atoms with Crippen molar-refractivity contribution in [1.29, 1.82) is 0 Å². The lowest BCUT2D eigenvalue weighted by atomic mass is 10.1. The van der Waals surface area contributed by atoms with Gasteiger partial charge in [-0.1, -0.05) is 0 Å². The van der Waals surface area contributed by atoms with Gasteiger partial charge in [-0.05, 0) is 36.6 Å². The quantitative estimate of drug-likeness (QED) is 0.180. The Balaban J connectivity index is 1.31. The van der Waals surface area contributed by atoms with E-state index in [1.165, 1.54) is 18.2 Å². The van der Waals surface area contributed by atoms with Gasteiger partial charge in [0.2, 0.25) is 5.75 Å². The van der Waals surface area contributed by atoms with Gasteiger partial charge in [-0.2, -0.15) is 0 Å². The van der Waals surface area contributed by atoms with Crippen LogP contribution in [-0.4, -0.2) is 50.4 Å². The minimum absolute atomic E-state index is 0.00192. The smallest absolute Gasteiger partial charge is 0.346 e. The molecule has 3 aliphatic rings. The first-order valence-corrected chi connectivity index (χ1v) is 12.9. The summed E-state index contributed by atoms with van der Waals surface area (Å²) in [6.07, 6.45) is 2.28. The first-order chi connectivity index (χ1) is 17.3. The van der Waals surface area contributed by atoms with Crippen molar-refractivity contribution in [2.24, 2.45) is 0 Å². The van der Waals surface area contributed by atoms with Crippen molar-refractivity contribution < 1.29 is 27.5 Å². The number of benzene rings is 2. The molecule has 0 radical (unpaired) electrons. The predicted octanol–water partition coefficient (Wildman–Crippen LogP) is 4.87. The maximum atomic E-state index is 14.8. The molecule has 0 spiro atoms. The lowest BCUT2D eigenvalue weighted by molar-refractivity contribution is -0.385. The van der Waals surface area contributed by atoms with Gasteiger partial charge in [-0.15, -0.1) is 0 Å². The predicted molar refractivity (Wildman–Crippen MR) is 123 cm³/mol. The molecule has 0 N–H and O–H groups in total. The molecule has 3 aromatic rings. The van der Waals surface area contributed by atoms with E-state index < -0.39 is 30.3 Å². The lowest BCUT2D eigenvalue weighted by Crippen LogP contribution is -2.11. The summed E-state index contributed by atoms with van der Waals surface area (Å²) in [4.78, 5) is 18.8. The third kappa shape index (κ3) is 4.16. The van der Waals surface area contributed by atoms with E-state index in [1.54, 1.807) is 6.07 Å². The van der Waals surface area contributed by atoms with E-state index in [0.29, 0.717) is 50.1 Å². The SMILES string of the molecule is O=[N+]([O-])c1ccc2c(c1Oc1ccc(-c3ncc(F)cn3)c(F)c1)CC[C@@H]2OP(=O)(N1CC1)N1CC1. The zero-order chi connectivity index (χ0) is 25.0. The van der Waals surface area contributed by atoms with Gasteiger partial charge in [-0.3, -0.25) is 19.2 Å². The molecule has 36 heavy (non-hydrogen) atoms. The molecular weight excluding hydrogens is 495 g/mol. The van der Waals surface area contributed by atoms with Gasteiger partial charge < -0.3 is 4.74 Å². The molecule has 186 valence electrons. The fourth-order valence-corrected chi connectivity index (χ4v) is 6.74. The minimum atomic E-state index is -3.10. The van der Waals surface area contributed by atoms with Gasteiger partial charge in [-0.25, -0.2) is 28.1 Å². The molecule has 1 aromatic heterocycles. The van der Waals surface area contributed by atoms with Gasteiger partial charge in [0.15, 0.2) is 11.6 Å².